The smallest absolute Gasteiger partial charge is 0.171 e. The molecule has 0 amide bonds. The average molecular weight is 255 g/mol. The molecule has 0 atom stereocenters. The van der Waals surface area contributed by atoms with Crippen LogP contribution in [-0.4, -0.2) is 16.0 Å². The first-order valence-electron chi connectivity index (χ1n) is 5.40. The van der Waals surface area contributed by atoms with Gasteiger partial charge in [0, 0.05) is 17.3 Å². The number of hydrogen-bond donors (Lipinski definition) is 2. The van der Waals surface area contributed by atoms with Crippen LogP contribution in [0.1, 0.15) is 16.8 Å². The maximum atomic E-state index is 12.9. The van der Waals surface area contributed by atoms with Crippen molar-refractivity contribution in [3.05, 3.63) is 65.2 Å². The fourth-order valence-electron chi connectivity index (χ4n) is 1.38. The second-order valence-corrected chi connectivity index (χ2v) is 3.68. The molecule has 94 valence electrons. The highest BCUT2D eigenvalue weighted by atomic mass is 19.1. The molecule has 19 heavy (non-hydrogen) atoms. The van der Waals surface area contributed by atoms with E-state index in [1.54, 1.807) is 24.3 Å². The number of benzene rings is 1. The van der Waals surface area contributed by atoms with Crippen molar-refractivity contribution < 1.29 is 9.60 Å². The molecule has 0 aliphatic carbocycles. The Morgan fingerprint density at radius 3 is 2.74 bits per heavy atom. The minimum atomic E-state index is -0.331. The molecule has 3 N–H and O–H groups in total. The van der Waals surface area contributed by atoms with Crippen LogP contribution in [-0.2, 0) is 0 Å². The van der Waals surface area contributed by atoms with E-state index >= 15 is 0 Å². The normalized spacial score (nSPS) is 10.7. The number of hydrogen-bond acceptors (Lipinski definition) is 3. The fraction of sp³-hybridized carbons (Fsp3) is 0. The number of amidine groups is 1. The summed E-state index contributed by atoms with van der Waals surface area (Å²) in [6, 6.07) is 9.28. The van der Waals surface area contributed by atoms with Crippen LogP contribution in [0.2, 0.25) is 0 Å². The number of nitrogens with two attached hydrogens (primary N) is 1. The van der Waals surface area contributed by atoms with Crippen LogP contribution in [0.4, 0.5) is 4.39 Å². The van der Waals surface area contributed by atoms with Crippen molar-refractivity contribution >= 4 is 5.84 Å². The molecule has 0 unspecified atom stereocenters. The second kappa shape index (κ2) is 5.65. The highest BCUT2D eigenvalue weighted by Crippen LogP contribution is 2.03. The van der Waals surface area contributed by atoms with E-state index in [2.05, 4.69) is 22.0 Å². The predicted octanol–water partition coefficient (Wildman–Crippen LogP) is 1.72. The van der Waals surface area contributed by atoms with Gasteiger partial charge in [-0.2, -0.15) is 0 Å². The molecule has 1 aromatic heterocycles. The molecule has 0 fully saturated rings. The Morgan fingerprint density at radius 1 is 1.26 bits per heavy atom. The van der Waals surface area contributed by atoms with Crippen molar-refractivity contribution in [2.24, 2.45) is 10.9 Å². The summed E-state index contributed by atoms with van der Waals surface area (Å²) in [6.07, 6.45) is 1.45. The van der Waals surface area contributed by atoms with Gasteiger partial charge in [-0.05, 0) is 36.3 Å². The standard InChI is InChI=1S/C14H10FN3O/c15-12-3-1-2-10(8-12)4-6-13-7-5-11(9-17-13)14(16)18-19/h1-3,5,7-9,19H,(H2,16,18). The Labute approximate surface area is 109 Å². The molecule has 0 aliphatic heterocycles. The summed E-state index contributed by atoms with van der Waals surface area (Å²) in [6.45, 7) is 0. The monoisotopic (exact) mass is 255 g/mol. The molecule has 0 bridgehead atoms. The van der Waals surface area contributed by atoms with Crippen LogP contribution in [0.3, 0.4) is 0 Å². The molecule has 2 rings (SSSR count). The predicted molar refractivity (Wildman–Crippen MR) is 69.1 cm³/mol. The van der Waals surface area contributed by atoms with E-state index < -0.39 is 0 Å². The number of oxime groups is 1. The van der Waals surface area contributed by atoms with E-state index in [1.165, 1.54) is 18.3 Å². The lowest BCUT2D eigenvalue weighted by Crippen LogP contribution is -2.13. The highest BCUT2D eigenvalue weighted by Gasteiger charge is 1.98. The minimum Gasteiger partial charge on any atom is -0.409 e. The van der Waals surface area contributed by atoms with Gasteiger partial charge in [-0.3, -0.25) is 0 Å². The van der Waals surface area contributed by atoms with Crippen LogP contribution < -0.4 is 5.73 Å². The maximum absolute atomic E-state index is 12.9. The third-order valence-corrected chi connectivity index (χ3v) is 2.33. The first-order chi connectivity index (χ1) is 9.19. The maximum Gasteiger partial charge on any atom is 0.171 e. The van der Waals surface area contributed by atoms with Crippen LogP contribution >= 0.6 is 0 Å². The third-order valence-electron chi connectivity index (χ3n) is 2.33. The fourth-order valence-corrected chi connectivity index (χ4v) is 1.38. The molecular weight excluding hydrogens is 245 g/mol. The summed E-state index contributed by atoms with van der Waals surface area (Å²) in [7, 11) is 0. The largest absolute Gasteiger partial charge is 0.409 e. The number of nitrogens with zero attached hydrogens (tertiary/aromatic N) is 2. The molecular formula is C14H10FN3O. The molecule has 1 aromatic carbocycles. The van der Waals surface area contributed by atoms with E-state index in [-0.39, 0.29) is 11.7 Å². The van der Waals surface area contributed by atoms with Crippen molar-refractivity contribution in [3.8, 4) is 11.8 Å². The van der Waals surface area contributed by atoms with Crippen molar-refractivity contribution in [1.29, 1.82) is 0 Å². The zero-order valence-corrected chi connectivity index (χ0v) is 9.84. The second-order valence-electron chi connectivity index (χ2n) is 3.68. The van der Waals surface area contributed by atoms with Gasteiger partial charge in [-0.25, -0.2) is 9.37 Å². The van der Waals surface area contributed by atoms with Crippen molar-refractivity contribution in [3.63, 3.8) is 0 Å². The molecule has 0 saturated heterocycles. The topological polar surface area (TPSA) is 71.5 Å². The van der Waals surface area contributed by atoms with Crippen LogP contribution in [0.15, 0.2) is 47.8 Å². The third kappa shape index (κ3) is 3.30. The van der Waals surface area contributed by atoms with E-state index in [4.69, 9.17) is 10.9 Å². The number of pyridine rings is 1. The molecule has 2 aromatic rings. The summed E-state index contributed by atoms with van der Waals surface area (Å²) < 4.78 is 12.9. The Bertz CT molecular complexity index is 669. The van der Waals surface area contributed by atoms with Gasteiger partial charge in [0.25, 0.3) is 0 Å². The van der Waals surface area contributed by atoms with Gasteiger partial charge in [-0.1, -0.05) is 17.1 Å². The van der Waals surface area contributed by atoms with Gasteiger partial charge in [0.2, 0.25) is 0 Å². The van der Waals surface area contributed by atoms with Gasteiger partial charge in [0.1, 0.15) is 11.5 Å². The first kappa shape index (κ1) is 12.6. The molecule has 4 nitrogen and oxygen atoms in total. The zero-order chi connectivity index (χ0) is 13.7. The SMILES string of the molecule is N/C(=N\O)c1ccc(C#Cc2cccc(F)c2)nc1. The first-order valence-corrected chi connectivity index (χ1v) is 5.40. The summed E-state index contributed by atoms with van der Waals surface area (Å²) in [5.41, 5.74) is 6.99. The van der Waals surface area contributed by atoms with E-state index in [9.17, 15) is 4.39 Å². The quantitative estimate of drug-likeness (QED) is 0.268. The molecule has 0 aliphatic rings. The van der Waals surface area contributed by atoms with Gasteiger partial charge in [0.05, 0.1) is 0 Å². The Morgan fingerprint density at radius 2 is 2.11 bits per heavy atom. The van der Waals surface area contributed by atoms with Crippen molar-refractivity contribution in [2.75, 3.05) is 0 Å². The van der Waals surface area contributed by atoms with E-state index in [0.717, 1.165) is 0 Å². The van der Waals surface area contributed by atoms with Gasteiger partial charge >= 0.3 is 0 Å². The van der Waals surface area contributed by atoms with Gasteiger partial charge in [-0.15, -0.1) is 0 Å². The Balaban J connectivity index is 2.21. The number of aromatic nitrogens is 1. The lowest BCUT2D eigenvalue weighted by atomic mass is 10.2. The molecule has 1 heterocycles. The summed E-state index contributed by atoms with van der Waals surface area (Å²) >= 11 is 0. The highest BCUT2D eigenvalue weighted by molar-refractivity contribution is 5.96. The lowest BCUT2D eigenvalue weighted by molar-refractivity contribution is 0.318. The molecule has 5 heteroatoms. The van der Waals surface area contributed by atoms with Crippen LogP contribution in [0, 0.1) is 17.7 Å². The van der Waals surface area contributed by atoms with E-state index in [1.807, 2.05) is 0 Å². The Hall–Kier alpha value is -2.87. The van der Waals surface area contributed by atoms with Gasteiger partial charge < -0.3 is 10.9 Å². The van der Waals surface area contributed by atoms with Crippen LogP contribution in [0.25, 0.3) is 0 Å². The minimum absolute atomic E-state index is 0.0165. The number of rotatable bonds is 1. The summed E-state index contributed by atoms with van der Waals surface area (Å²) in [4.78, 5) is 4.05. The molecule has 0 radical (unpaired) electrons. The van der Waals surface area contributed by atoms with Gasteiger partial charge in [0.15, 0.2) is 5.84 Å². The zero-order valence-electron chi connectivity index (χ0n) is 9.84. The number of halogens is 1. The Kier molecular flexibility index (Phi) is 3.74. The molecule has 0 saturated carbocycles. The van der Waals surface area contributed by atoms with Crippen LogP contribution in [0.5, 0.6) is 0 Å². The summed E-state index contributed by atoms with van der Waals surface area (Å²) in [5, 5.41) is 11.4. The van der Waals surface area contributed by atoms with E-state index in [0.29, 0.717) is 16.8 Å². The lowest BCUT2D eigenvalue weighted by Gasteiger charge is -1.96. The molecule has 0 spiro atoms. The van der Waals surface area contributed by atoms with Crippen molar-refractivity contribution in [1.82, 2.24) is 4.98 Å². The summed E-state index contributed by atoms with van der Waals surface area (Å²) in [5.74, 6) is 5.25. The van der Waals surface area contributed by atoms with Crippen molar-refractivity contribution in [2.45, 2.75) is 0 Å². The average Bonchev–Trinajstić information content (AvgIpc) is 2.45.